The first kappa shape index (κ1) is 13.6. The molecule has 1 unspecified atom stereocenters. The minimum absolute atomic E-state index is 0.235. The van der Waals surface area contributed by atoms with E-state index in [1.807, 2.05) is 0 Å². The van der Waals surface area contributed by atoms with Gasteiger partial charge >= 0.3 is 6.18 Å². The molecular formula is C12H8BrF3OS. The molecule has 2 aromatic rings. The van der Waals surface area contributed by atoms with Crippen LogP contribution in [0.3, 0.4) is 0 Å². The summed E-state index contributed by atoms with van der Waals surface area (Å²) in [5.41, 5.74) is -0.520. The number of rotatable bonds is 2. The van der Waals surface area contributed by atoms with E-state index in [-0.39, 0.29) is 5.56 Å². The third-order valence-corrected chi connectivity index (χ3v) is 4.13. The number of halogens is 4. The van der Waals surface area contributed by atoms with E-state index < -0.39 is 17.8 Å². The van der Waals surface area contributed by atoms with Crippen LogP contribution in [0, 0.1) is 0 Å². The van der Waals surface area contributed by atoms with Crippen molar-refractivity contribution in [2.24, 2.45) is 0 Å². The molecule has 0 amide bonds. The fourth-order valence-corrected chi connectivity index (χ4v) is 2.98. The molecule has 1 aromatic carbocycles. The van der Waals surface area contributed by atoms with Crippen LogP contribution >= 0.6 is 27.3 Å². The van der Waals surface area contributed by atoms with E-state index in [9.17, 15) is 18.3 Å². The second-order valence-corrected chi connectivity index (χ2v) is 5.55. The van der Waals surface area contributed by atoms with Crippen LogP contribution in [0.1, 0.15) is 22.1 Å². The lowest BCUT2D eigenvalue weighted by Crippen LogP contribution is -2.06. The van der Waals surface area contributed by atoms with Crippen molar-refractivity contribution in [1.29, 1.82) is 0 Å². The molecule has 2 rings (SSSR count). The second kappa shape index (κ2) is 5.03. The molecule has 1 aromatic heterocycles. The van der Waals surface area contributed by atoms with Gasteiger partial charge in [0.25, 0.3) is 0 Å². The normalized spacial score (nSPS) is 13.6. The first-order chi connectivity index (χ1) is 8.38. The van der Waals surface area contributed by atoms with Crippen molar-refractivity contribution < 1.29 is 18.3 Å². The Bertz CT molecular complexity index is 550. The van der Waals surface area contributed by atoms with Crippen LogP contribution in [-0.4, -0.2) is 5.11 Å². The van der Waals surface area contributed by atoms with Gasteiger partial charge in [-0.05, 0) is 39.7 Å². The fourth-order valence-electron chi connectivity index (χ4n) is 1.52. The lowest BCUT2D eigenvalue weighted by molar-refractivity contribution is -0.137. The average molecular weight is 337 g/mol. The molecule has 0 saturated heterocycles. The monoisotopic (exact) mass is 336 g/mol. The molecule has 0 spiro atoms. The summed E-state index contributed by atoms with van der Waals surface area (Å²) in [5, 5.41) is 11.8. The van der Waals surface area contributed by atoms with Gasteiger partial charge in [-0.3, -0.25) is 0 Å². The molecule has 0 aliphatic rings. The van der Waals surface area contributed by atoms with Gasteiger partial charge in [0.05, 0.1) is 5.56 Å². The molecular weight excluding hydrogens is 329 g/mol. The van der Waals surface area contributed by atoms with Gasteiger partial charge in [-0.2, -0.15) is 13.2 Å². The van der Waals surface area contributed by atoms with Gasteiger partial charge in [-0.25, -0.2) is 0 Å². The maximum Gasteiger partial charge on any atom is 0.416 e. The average Bonchev–Trinajstić information content (AvgIpc) is 2.74. The summed E-state index contributed by atoms with van der Waals surface area (Å²) < 4.78 is 38.5. The van der Waals surface area contributed by atoms with Gasteiger partial charge in [-0.15, -0.1) is 11.3 Å². The Kier molecular flexibility index (Phi) is 3.79. The molecule has 6 heteroatoms. The Balaban J connectivity index is 2.34. The maximum absolute atomic E-state index is 12.6. The zero-order chi connectivity index (χ0) is 13.3. The Morgan fingerprint density at radius 2 is 1.94 bits per heavy atom. The summed E-state index contributed by atoms with van der Waals surface area (Å²) in [6.45, 7) is 0. The standard InChI is InChI=1S/C12H8BrF3OS/c13-9-5-10(18-6-9)11(17)7-2-1-3-8(4-7)12(14,15)16/h1-6,11,17H. The zero-order valence-electron chi connectivity index (χ0n) is 8.91. The Morgan fingerprint density at radius 3 is 2.50 bits per heavy atom. The van der Waals surface area contributed by atoms with E-state index in [1.54, 1.807) is 11.4 Å². The summed E-state index contributed by atoms with van der Waals surface area (Å²) in [6.07, 6.45) is -5.44. The molecule has 0 aliphatic heterocycles. The third-order valence-electron chi connectivity index (χ3n) is 2.39. The Morgan fingerprint density at radius 1 is 1.22 bits per heavy atom. The van der Waals surface area contributed by atoms with Gasteiger partial charge in [0.1, 0.15) is 6.10 Å². The number of hydrogen-bond donors (Lipinski definition) is 1. The van der Waals surface area contributed by atoms with Crippen molar-refractivity contribution in [3.05, 3.63) is 56.2 Å². The van der Waals surface area contributed by atoms with Crippen molar-refractivity contribution in [3.8, 4) is 0 Å². The second-order valence-electron chi connectivity index (χ2n) is 3.69. The highest BCUT2D eigenvalue weighted by atomic mass is 79.9. The highest BCUT2D eigenvalue weighted by molar-refractivity contribution is 9.10. The fraction of sp³-hybridized carbons (Fsp3) is 0.167. The lowest BCUT2D eigenvalue weighted by Gasteiger charge is -2.12. The van der Waals surface area contributed by atoms with Gasteiger partial charge < -0.3 is 5.11 Å². The number of alkyl halides is 3. The molecule has 1 nitrogen and oxygen atoms in total. The number of aliphatic hydroxyl groups excluding tert-OH is 1. The van der Waals surface area contributed by atoms with Crippen LogP contribution in [-0.2, 0) is 6.18 Å². The molecule has 0 aliphatic carbocycles. The minimum Gasteiger partial charge on any atom is -0.383 e. The van der Waals surface area contributed by atoms with E-state index >= 15 is 0 Å². The van der Waals surface area contributed by atoms with Crippen molar-refractivity contribution in [3.63, 3.8) is 0 Å². The summed E-state index contributed by atoms with van der Waals surface area (Å²) in [7, 11) is 0. The predicted molar refractivity (Wildman–Crippen MR) is 67.5 cm³/mol. The largest absolute Gasteiger partial charge is 0.416 e. The molecule has 1 atom stereocenters. The number of thiophene rings is 1. The van der Waals surface area contributed by atoms with Crippen molar-refractivity contribution in [2.75, 3.05) is 0 Å². The molecule has 1 N–H and O–H groups in total. The molecule has 96 valence electrons. The Hall–Kier alpha value is -0.850. The smallest absolute Gasteiger partial charge is 0.383 e. The number of benzene rings is 1. The highest BCUT2D eigenvalue weighted by Gasteiger charge is 2.31. The van der Waals surface area contributed by atoms with Crippen molar-refractivity contribution in [2.45, 2.75) is 12.3 Å². The zero-order valence-corrected chi connectivity index (χ0v) is 11.3. The lowest BCUT2D eigenvalue weighted by atomic mass is 10.0. The topological polar surface area (TPSA) is 20.2 Å². The first-order valence-electron chi connectivity index (χ1n) is 4.97. The predicted octanol–water partition coefficient (Wildman–Crippen LogP) is 4.61. The van der Waals surface area contributed by atoms with Gasteiger partial charge in [0.2, 0.25) is 0 Å². The van der Waals surface area contributed by atoms with E-state index in [0.717, 1.165) is 16.6 Å². The molecule has 0 radical (unpaired) electrons. The molecule has 0 fully saturated rings. The molecule has 1 heterocycles. The Labute approximate surface area is 114 Å². The first-order valence-corrected chi connectivity index (χ1v) is 6.64. The summed E-state index contributed by atoms with van der Waals surface area (Å²) in [5.74, 6) is 0. The highest BCUT2D eigenvalue weighted by Crippen LogP contribution is 2.34. The van der Waals surface area contributed by atoms with Crippen LogP contribution in [0.2, 0.25) is 0 Å². The molecule has 0 bridgehead atoms. The molecule has 0 saturated carbocycles. The number of hydrogen-bond acceptors (Lipinski definition) is 2. The van der Waals surface area contributed by atoms with Crippen molar-refractivity contribution >= 4 is 27.3 Å². The van der Waals surface area contributed by atoms with Gasteiger partial charge in [0.15, 0.2) is 0 Å². The van der Waals surface area contributed by atoms with Crippen LogP contribution in [0.5, 0.6) is 0 Å². The van der Waals surface area contributed by atoms with Gasteiger partial charge in [0, 0.05) is 14.7 Å². The van der Waals surface area contributed by atoms with E-state index in [0.29, 0.717) is 4.88 Å². The minimum atomic E-state index is -4.40. The maximum atomic E-state index is 12.6. The van der Waals surface area contributed by atoms with Crippen LogP contribution < -0.4 is 0 Å². The molecule has 18 heavy (non-hydrogen) atoms. The van der Waals surface area contributed by atoms with Crippen LogP contribution in [0.15, 0.2) is 40.2 Å². The summed E-state index contributed by atoms with van der Waals surface area (Å²) in [6, 6.07) is 6.42. The summed E-state index contributed by atoms with van der Waals surface area (Å²) in [4.78, 5) is 0.598. The van der Waals surface area contributed by atoms with E-state index in [1.165, 1.54) is 23.5 Å². The summed E-state index contributed by atoms with van der Waals surface area (Å²) >= 11 is 4.53. The third kappa shape index (κ3) is 2.93. The van der Waals surface area contributed by atoms with E-state index in [2.05, 4.69) is 15.9 Å². The van der Waals surface area contributed by atoms with Crippen LogP contribution in [0.25, 0.3) is 0 Å². The van der Waals surface area contributed by atoms with Gasteiger partial charge in [-0.1, -0.05) is 12.1 Å². The van der Waals surface area contributed by atoms with E-state index in [4.69, 9.17) is 0 Å². The SMILES string of the molecule is OC(c1cccc(C(F)(F)F)c1)c1cc(Br)cs1. The number of aliphatic hydroxyl groups is 1. The quantitative estimate of drug-likeness (QED) is 0.848. The van der Waals surface area contributed by atoms with Crippen LogP contribution in [0.4, 0.5) is 13.2 Å². The van der Waals surface area contributed by atoms with Crippen molar-refractivity contribution in [1.82, 2.24) is 0 Å².